The second kappa shape index (κ2) is 8.70. The van der Waals surface area contributed by atoms with Crippen LogP contribution in [0, 0.1) is 30.4 Å². The molecule has 1 heterocycles. The normalized spacial score (nSPS) is 11.0. The molecule has 1 N–H and O–H groups in total. The standard InChI is InChI=1S/C18H8Cl3F2N4O2S/c1-9-6-10(19)7-15(16(9)20)30(28,29)27-14-5-4-13(22)12(17(14)23)3-2-11-8-24-18(21)26-25-11/h4-8,27H,1H2. The maximum absolute atomic E-state index is 14.8. The quantitative estimate of drug-likeness (QED) is 0.549. The van der Waals surface area contributed by atoms with Crippen LogP contribution in [0.1, 0.15) is 16.8 Å². The van der Waals surface area contributed by atoms with Gasteiger partial charge >= 0.3 is 0 Å². The minimum Gasteiger partial charge on any atom is -0.277 e. The first kappa shape index (κ1) is 22.2. The molecule has 12 heteroatoms. The highest BCUT2D eigenvalue weighted by Gasteiger charge is 2.23. The van der Waals surface area contributed by atoms with Gasteiger partial charge in [0.05, 0.1) is 22.5 Å². The van der Waals surface area contributed by atoms with Crippen molar-refractivity contribution in [1.82, 2.24) is 15.2 Å². The van der Waals surface area contributed by atoms with Gasteiger partial charge in [-0.1, -0.05) is 29.1 Å². The van der Waals surface area contributed by atoms with Gasteiger partial charge in [-0.3, -0.25) is 4.72 Å². The van der Waals surface area contributed by atoms with Crippen LogP contribution in [0.15, 0.2) is 35.4 Å². The number of benzene rings is 2. The summed E-state index contributed by atoms with van der Waals surface area (Å²) in [4.78, 5) is 3.22. The van der Waals surface area contributed by atoms with Crippen LogP contribution >= 0.6 is 34.8 Å². The summed E-state index contributed by atoms with van der Waals surface area (Å²) >= 11 is 17.4. The Balaban J connectivity index is 2.01. The van der Waals surface area contributed by atoms with Gasteiger partial charge in [0.1, 0.15) is 10.7 Å². The van der Waals surface area contributed by atoms with Crippen LogP contribution < -0.4 is 4.72 Å². The Morgan fingerprint density at radius 2 is 1.80 bits per heavy atom. The van der Waals surface area contributed by atoms with Gasteiger partial charge in [-0.15, -0.1) is 10.2 Å². The maximum atomic E-state index is 14.8. The number of rotatable bonds is 3. The van der Waals surface area contributed by atoms with Gasteiger partial charge in [-0.25, -0.2) is 22.2 Å². The van der Waals surface area contributed by atoms with Crippen molar-refractivity contribution in [2.24, 2.45) is 0 Å². The SMILES string of the molecule is [CH2]c1cc(Cl)cc(S(=O)(=O)Nc2ccc(F)c(C#Cc3cnc(Cl)nn3)c2F)c1Cl. The summed E-state index contributed by atoms with van der Waals surface area (Å²) in [5.74, 6) is 2.34. The Morgan fingerprint density at radius 3 is 2.47 bits per heavy atom. The predicted octanol–water partition coefficient (Wildman–Crippen LogP) is 4.49. The molecule has 0 unspecified atom stereocenters. The van der Waals surface area contributed by atoms with E-state index in [1.807, 2.05) is 4.72 Å². The van der Waals surface area contributed by atoms with E-state index < -0.39 is 37.8 Å². The summed E-state index contributed by atoms with van der Waals surface area (Å²) in [6.07, 6.45) is 1.15. The predicted molar refractivity (Wildman–Crippen MR) is 109 cm³/mol. The average molecular weight is 489 g/mol. The van der Waals surface area contributed by atoms with Gasteiger partial charge in [-0.2, -0.15) is 0 Å². The molecule has 0 aliphatic rings. The van der Waals surface area contributed by atoms with Crippen molar-refractivity contribution >= 4 is 50.5 Å². The molecule has 3 rings (SSSR count). The highest BCUT2D eigenvalue weighted by molar-refractivity contribution is 7.92. The first-order valence-corrected chi connectivity index (χ1v) is 10.4. The third-order valence-corrected chi connectivity index (χ3v) is 5.89. The van der Waals surface area contributed by atoms with Crippen LogP contribution in [-0.2, 0) is 10.0 Å². The summed E-state index contributed by atoms with van der Waals surface area (Å²) < 4.78 is 56.2. The van der Waals surface area contributed by atoms with E-state index in [1.165, 1.54) is 6.07 Å². The third-order valence-electron chi connectivity index (χ3n) is 3.55. The van der Waals surface area contributed by atoms with Crippen LogP contribution in [0.25, 0.3) is 0 Å². The fraction of sp³-hybridized carbons (Fsp3) is 0. The van der Waals surface area contributed by atoms with Crippen molar-refractivity contribution in [3.05, 3.63) is 81.2 Å². The molecule has 3 aromatic rings. The zero-order chi connectivity index (χ0) is 22.1. The van der Waals surface area contributed by atoms with Gasteiger partial charge < -0.3 is 0 Å². The summed E-state index contributed by atoms with van der Waals surface area (Å²) in [6, 6.07) is 4.20. The molecular weight excluding hydrogens is 481 g/mol. The van der Waals surface area contributed by atoms with Gasteiger partial charge in [0.25, 0.3) is 10.0 Å². The van der Waals surface area contributed by atoms with E-state index in [1.54, 1.807) is 0 Å². The molecule has 0 bridgehead atoms. The summed E-state index contributed by atoms with van der Waals surface area (Å²) in [5, 5.41) is 6.79. The molecule has 0 aliphatic carbocycles. The lowest BCUT2D eigenvalue weighted by molar-refractivity contribution is 0.578. The average Bonchev–Trinajstić information content (AvgIpc) is 2.68. The molecule has 0 aliphatic heterocycles. The molecule has 2 aromatic carbocycles. The monoisotopic (exact) mass is 487 g/mol. The van der Waals surface area contributed by atoms with Crippen LogP contribution in [0.3, 0.4) is 0 Å². The van der Waals surface area contributed by atoms with Crippen LogP contribution in [0.5, 0.6) is 0 Å². The van der Waals surface area contributed by atoms with Crippen molar-refractivity contribution in [1.29, 1.82) is 0 Å². The molecule has 1 aromatic heterocycles. The summed E-state index contributed by atoms with van der Waals surface area (Å²) in [7, 11) is -4.38. The van der Waals surface area contributed by atoms with E-state index in [0.29, 0.717) is 0 Å². The van der Waals surface area contributed by atoms with Gasteiger partial charge in [0, 0.05) is 5.02 Å². The fourth-order valence-corrected chi connectivity index (χ4v) is 4.22. The highest BCUT2D eigenvalue weighted by Crippen LogP contribution is 2.31. The van der Waals surface area contributed by atoms with E-state index >= 15 is 0 Å². The Morgan fingerprint density at radius 1 is 1.07 bits per heavy atom. The smallest absolute Gasteiger partial charge is 0.263 e. The van der Waals surface area contributed by atoms with Gasteiger partial charge in [0.2, 0.25) is 5.28 Å². The van der Waals surface area contributed by atoms with Crippen molar-refractivity contribution in [2.45, 2.75) is 4.90 Å². The molecule has 1 radical (unpaired) electrons. The summed E-state index contributed by atoms with van der Waals surface area (Å²) in [6.45, 7) is 3.59. The van der Waals surface area contributed by atoms with Crippen LogP contribution in [-0.4, -0.2) is 23.6 Å². The second-order valence-corrected chi connectivity index (χ2v) is 8.43. The third kappa shape index (κ3) is 4.79. The number of nitrogens with zero attached hydrogens (tertiary/aromatic N) is 3. The number of nitrogens with one attached hydrogen (secondary N) is 1. The molecule has 0 saturated heterocycles. The largest absolute Gasteiger partial charge is 0.277 e. The van der Waals surface area contributed by atoms with Crippen LogP contribution in [0.2, 0.25) is 15.3 Å². The maximum Gasteiger partial charge on any atom is 0.263 e. The topological polar surface area (TPSA) is 84.8 Å². The summed E-state index contributed by atoms with van der Waals surface area (Å²) in [5.41, 5.74) is -1.09. The zero-order valence-corrected chi connectivity index (χ0v) is 17.6. The lowest BCUT2D eigenvalue weighted by atomic mass is 10.1. The molecule has 0 saturated carbocycles. The van der Waals surface area contributed by atoms with Gasteiger partial charge in [0.15, 0.2) is 11.5 Å². The first-order valence-electron chi connectivity index (χ1n) is 7.77. The van der Waals surface area contributed by atoms with Crippen LogP contribution in [0.4, 0.5) is 14.5 Å². The zero-order valence-electron chi connectivity index (χ0n) is 14.6. The fourth-order valence-electron chi connectivity index (χ4n) is 2.20. The minimum atomic E-state index is -4.38. The number of hydrogen-bond donors (Lipinski definition) is 1. The Kier molecular flexibility index (Phi) is 6.43. The number of aromatic nitrogens is 3. The van der Waals surface area contributed by atoms with Crippen molar-refractivity contribution in [2.75, 3.05) is 4.72 Å². The lowest BCUT2D eigenvalue weighted by Gasteiger charge is -2.13. The molecule has 153 valence electrons. The van der Waals surface area contributed by atoms with E-state index in [0.717, 1.165) is 24.4 Å². The highest BCUT2D eigenvalue weighted by atomic mass is 35.5. The van der Waals surface area contributed by atoms with E-state index in [4.69, 9.17) is 34.8 Å². The van der Waals surface area contributed by atoms with E-state index in [2.05, 4.69) is 33.9 Å². The molecule has 0 spiro atoms. The molecule has 0 amide bonds. The number of halogens is 5. The Bertz CT molecular complexity index is 1310. The van der Waals surface area contributed by atoms with E-state index in [-0.39, 0.29) is 26.6 Å². The molecule has 30 heavy (non-hydrogen) atoms. The first-order chi connectivity index (χ1) is 14.1. The number of hydrogen-bond acceptors (Lipinski definition) is 5. The Hall–Kier alpha value is -2.51. The molecule has 0 atom stereocenters. The molecular formula is C18H8Cl3F2N4O2S. The Labute approximate surface area is 185 Å². The van der Waals surface area contributed by atoms with Crippen molar-refractivity contribution < 1.29 is 17.2 Å². The second-order valence-electron chi connectivity index (χ2n) is 5.63. The van der Waals surface area contributed by atoms with Crippen molar-refractivity contribution in [3.63, 3.8) is 0 Å². The molecule has 6 nitrogen and oxygen atoms in total. The van der Waals surface area contributed by atoms with E-state index in [9.17, 15) is 17.2 Å². The number of sulfonamides is 1. The molecule has 0 fully saturated rings. The minimum absolute atomic E-state index is 0.00197. The lowest BCUT2D eigenvalue weighted by Crippen LogP contribution is -2.15. The van der Waals surface area contributed by atoms with Gasteiger partial charge in [-0.05, 0) is 54.3 Å². The number of anilines is 1. The van der Waals surface area contributed by atoms with Crippen molar-refractivity contribution in [3.8, 4) is 11.8 Å².